The molecule has 0 spiro atoms. The Hall–Kier alpha value is -2.25. The molecule has 0 fully saturated rings. The zero-order valence-corrected chi connectivity index (χ0v) is 19.3. The average Bonchev–Trinajstić information content (AvgIpc) is 3.01. The lowest BCUT2D eigenvalue weighted by Gasteiger charge is -2.18. The number of alkyl halides is 1. The highest BCUT2D eigenvalue weighted by Crippen LogP contribution is 2.44. The largest absolute Gasteiger partial charge is 0.490 e. The summed E-state index contributed by atoms with van der Waals surface area (Å²) in [6.07, 6.45) is 1.52. The monoisotopic (exact) mass is 489 g/mol. The average molecular weight is 490 g/mol. The highest BCUT2D eigenvalue weighted by Gasteiger charge is 2.33. The molecule has 30 heavy (non-hydrogen) atoms. The van der Waals surface area contributed by atoms with Crippen molar-refractivity contribution in [2.24, 2.45) is 0 Å². The number of fused-ring (bicyclic) bond motifs is 2. The summed E-state index contributed by atoms with van der Waals surface area (Å²) in [7, 11) is -3.75. The van der Waals surface area contributed by atoms with Crippen LogP contribution in [0.5, 0.6) is 11.5 Å². The summed E-state index contributed by atoms with van der Waals surface area (Å²) in [6, 6.07) is 16.3. The summed E-state index contributed by atoms with van der Waals surface area (Å²) in [4.78, 5) is 0.222. The van der Waals surface area contributed by atoms with Crippen LogP contribution in [-0.4, -0.2) is 26.0 Å². The van der Waals surface area contributed by atoms with Crippen LogP contribution in [0.4, 0.5) is 5.69 Å². The fraction of sp³-hybridized carbons (Fsp3) is 0.304. The molecule has 1 heterocycles. The van der Waals surface area contributed by atoms with Crippen molar-refractivity contribution in [1.29, 1.82) is 0 Å². The van der Waals surface area contributed by atoms with Crippen molar-refractivity contribution in [3.8, 4) is 11.5 Å². The highest BCUT2D eigenvalue weighted by atomic mass is 79.9. The van der Waals surface area contributed by atoms with Gasteiger partial charge in [0.1, 0.15) is 5.60 Å². The van der Waals surface area contributed by atoms with E-state index in [4.69, 9.17) is 9.47 Å². The number of halogens is 1. The summed E-state index contributed by atoms with van der Waals surface area (Å²) in [6.45, 7) is 4.53. The third-order valence-electron chi connectivity index (χ3n) is 4.95. The van der Waals surface area contributed by atoms with Crippen LogP contribution in [0.15, 0.2) is 59.5 Å². The fourth-order valence-corrected chi connectivity index (χ4v) is 4.93. The second kappa shape index (κ2) is 8.12. The number of hydrogen-bond donors (Lipinski definition) is 1. The van der Waals surface area contributed by atoms with Crippen molar-refractivity contribution in [2.45, 2.75) is 37.2 Å². The Balaban J connectivity index is 1.66. The molecule has 1 N–H and O–H groups in total. The molecule has 5 nitrogen and oxygen atoms in total. The molecule has 0 atom stereocenters. The third kappa shape index (κ3) is 4.42. The first-order chi connectivity index (χ1) is 14.3. The molecular formula is C23H24BrNO4S. The standard InChI is InChI=1S/C23H24BrNO4S/c1-23(2)15-18-12-19(14-21(22(18)29-23)28-11-5-10-24)25-30(26,27)20-9-8-16-6-3-4-7-17(16)13-20/h3-4,6-9,12-14,25H,5,10-11,15H2,1-2H3. The fourth-order valence-electron chi connectivity index (χ4n) is 3.63. The first-order valence-electron chi connectivity index (χ1n) is 9.84. The van der Waals surface area contributed by atoms with Gasteiger partial charge >= 0.3 is 0 Å². The van der Waals surface area contributed by atoms with Crippen LogP contribution in [0.1, 0.15) is 25.8 Å². The Labute approximate surface area is 185 Å². The van der Waals surface area contributed by atoms with E-state index in [-0.39, 0.29) is 10.5 Å². The summed E-state index contributed by atoms with van der Waals surface area (Å²) in [5, 5.41) is 2.70. The van der Waals surface area contributed by atoms with Gasteiger partial charge < -0.3 is 9.47 Å². The molecular weight excluding hydrogens is 466 g/mol. The molecule has 1 aliphatic rings. The first-order valence-corrected chi connectivity index (χ1v) is 12.4. The van der Waals surface area contributed by atoms with Crippen molar-refractivity contribution >= 4 is 42.4 Å². The molecule has 0 saturated heterocycles. The Morgan fingerprint density at radius 1 is 1.10 bits per heavy atom. The highest BCUT2D eigenvalue weighted by molar-refractivity contribution is 9.09. The second-order valence-electron chi connectivity index (χ2n) is 8.01. The van der Waals surface area contributed by atoms with Gasteiger partial charge in [-0.3, -0.25) is 4.72 Å². The zero-order chi connectivity index (χ0) is 21.4. The first kappa shape index (κ1) is 21.0. The lowest BCUT2D eigenvalue weighted by molar-refractivity contribution is 0.132. The molecule has 4 rings (SSSR count). The summed E-state index contributed by atoms with van der Waals surface area (Å²) >= 11 is 3.40. The van der Waals surface area contributed by atoms with Gasteiger partial charge in [-0.2, -0.15) is 0 Å². The summed E-state index contributed by atoms with van der Waals surface area (Å²) < 4.78 is 40.8. The van der Waals surface area contributed by atoms with Crippen molar-refractivity contribution in [1.82, 2.24) is 0 Å². The van der Waals surface area contributed by atoms with Gasteiger partial charge in [0.05, 0.1) is 17.2 Å². The minimum Gasteiger partial charge on any atom is -0.490 e. The van der Waals surface area contributed by atoms with Gasteiger partial charge in [-0.1, -0.05) is 46.3 Å². The Bertz CT molecular complexity index is 1190. The molecule has 0 unspecified atom stereocenters. The second-order valence-corrected chi connectivity index (χ2v) is 10.5. The van der Waals surface area contributed by atoms with E-state index < -0.39 is 10.0 Å². The normalized spacial score (nSPS) is 14.9. The van der Waals surface area contributed by atoms with E-state index in [1.54, 1.807) is 18.2 Å². The maximum absolute atomic E-state index is 13.1. The third-order valence-corrected chi connectivity index (χ3v) is 6.88. The Morgan fingerprint density at radius 3 is 2.63 bits per heavy atom. The number of nitrogens with one attached hydrogen (secondary N) is 1. The topological polar surface area (TPSA) is 64.6 Å². The molecule has 3 aromatic carbocycles. The van der Waals surface area contributed by atoms with Crippen LogP contribution >= 0.6 is 15.9 Å². The molecule has 0 bridgehead atoms. The van der Waals surface area contributed by atoms with E-state index in [1.165, 1.54) is 0 Å². The van der Waals surface area contributed by atoms with Crippen LogP contribution < -0.4 is 14.2 Å². The maximum atomic E-state index is 13.1. The minimum absolute atomic E-state index is 0.222. The van der Waals surface area contributed by atoms with Crippen molar-refractivity contribution in [2.75, 3.05) is 16.7 Å². The predicted octanol–water partition coefficient (Wildman–Crippen LogP) is 5.52. The summed E-state index contributed by atoms with van der Waals surface area (Å²) in [5.41, 5.74) is 1.05. The number of benzene rings is 3. The molecule has 3 aromatic rings. The van der Waals surface area contributed by atoms with Gasteiger partial charge in [0.15, 0.2) is 11.5 Å². The van der Waals surface area contributed by atoms with Crippen molar-refractivity contribution in [3.05, 3.63) is 60.2 Å². The van der Waals surface area contributed by atoms with Crippen LogP contribution in [0.3, 0.4) is 0 Å². The van der Waals surface area contributed by atoms with Gasteiger partial charge in [-0.25, -0.2) is 8.42 Å². The van der Waals surface area contributed by atoms with Crippen LogP contribution in [0.2, 0.25) is 0 Å². The SMILES string of the molecule is CC1(C)Cc2cc(NS(=O)(=O)c3ccc4ccccc4c3)cc(OCCCBr)c2O1. The molecule has 0 aliphatic carbocycles. The molecule has 0 radical (unpaired) electrons. The maximum Gasteiger partial charge on any atom is 0.261 e. The lowest BCUT2D eigenvalue weighted by Crippen LogP contribution is -2.24. The smallest absolute Gasteiger partial charge is 0.261 e. The van der Waals surface area contributed by atoms with Gasteiger partial charge in [0, 0.05) is 23.4 Å². The van der Waals surface area contributed by atoms with E-state index in [2.05, 4.69) is 20.7 Å². The Kier molecular flexibility index (Phi) is 5.68. The summed E-state index contributed by atoms with van der Waals surface area (Å²) in [5.74, 6) is 1.26. The van der Waals surface area contributed by atoms with Crippen LogP contribution in [0, 0.1) is 0 Å². The molecule has 1 aliphatic heterocycles. The van der Waals surface area contributed by atoms with E-state index in [0.29, 0.717) is 30.2 Å². The van der Waals surface area contributed by atoms with Crippen LogP contribution in [-0.2, 0) is 16.4 Å². The molecule has 0 aromatic heterocycles. The minimum atomic E-state index is -3.75. The van der Waals surface area contributed by atoms with Gasteiger partial charge in [0.2, 0.25) is 0 Å². The molecule has 0 saturated carbocycles. The van der Waals surface area contributed by atoms with Gasteiger partial charge in [-0.05, 0) is 49.2 Å². The number of ether oxygens (including phenoxy) is 2. The predicted molar refractivity (Wildman–Crippen MR) is 124 cm³/mol. The molecule has 0 amide bonds. The van der Waals surface area contributed by atoms with Gasteiger partial charge in [-0.15, -0.1) is 0 Å². The van der Waals surface area contributed by atoms with Crippen molar-refractivity contribution < 1.29 is 17.9 Å². The van der Waals surface area contributed by atoms with E-state index in [1.807, 2.05) is 50.2 Å². The number of anilines is 1. The van der Waals surface area contributed by atoms with E-state index >= 15 is 0 Å². The van der Waals surface area contributed by atoms with Gasteiger partial charge in [0.25, 0.3) is 10.0 Å². The lowest BCUT2D eigenvalue weighted by atomic mass is 10.0. The number of sulfonamides is 1. The number of hydrogen-bond acceptors (Lipinski definition) is 4. The quantitative estimate of drug-likeness (QED) is 0.350. The Morgan fingerprint density at radius 2 is 1.87 bits per heavy atom. The van der Waals surface area contributed by atoms with E-state index in [0.717, 1.165) is 28.1 Å². The van der Waals surface area contributed by atoms with Crippen LogP contribution in [0.25, 0.3) is 10.8 Å². The van der Waals surface area contributed by atoms with Crippen molar-refractivity contribution in [3.63, 3.8) is 0 Å². The molecule has 158 valence electrons. The van der Waals surface area contributed by atoms with E-state index in [9.17, 15) is 8.42 Å². The number of rotatable bonds is 7. The zero-order valence-electron chi connectivity index (χ0n) is 16.9. The molecule has 7 heteroatoms.